The van der Waals surface area contributed by atoms with Gasteiger partial charge in [0.25, 0.3) is 0 Å². The molecule has 1 aromatic rings. The molecule has 0 saturated carbocycles. The highest BCUT2D eigenvalue weighted by atomic mass is 35.5. The molecule has 84 valence electrons. The Kier molecular flexibility index (Phi) is 4.62. The molecule has 1 aromatic heterocycles. The number of nitrogens with zero attached hydrogens (tertiary/aromatic N) is 2. The summed E-state index contributed by atoms with van der Waals surface area (Å²) < 4.78 is 1.68. The lowest BCUT2D eigenvalue weighted by atomic mass is 10.1. The number of hydrogen-bond acceptors (Lipinski definition) is 2. The van der Waals surface area contributed by atoms with Crippen molar-refractivity contribution in [1.29, 1.82) is 0 Å². The summed E-state index contributed by atoms with van der Waals surface area (Å²) in [6, 6.07) is 0. The van der Waals surface area contributed by atoms with Crippen LogP contribution >= 0.6 is 11.6 Å². The number of carbonyl (C=O) groups excluding carboxylic acids is 1. The van der Waals surface area contributed by atoms with Crippen molar-refractivity contribution in [3.05, 3.63) is 17.4 Å². The molecular formula is C10H16ClN3O. The first-order chi connectivity index (χ1) is 7.13. The zero-order valence-electron chi connectivity index (χ0n) is 9.03. The van der Waals surface area contributed by atoms with Crippen LogP contribution in [-0.2, 0) is 11.3 Å². The molecule has 0 radical (unpaired) electrons. The van der Waals surface area contributed by atoms with Gasteiger partial charge < -0.3 is 5.32 Å². The second kappa shape index (κ2) is 5.75. The summed E-state index contributed by atoms with van der Waals surface area (Å²) in [6.07, 6.45) is 4.23. The van der Waals surface area contributed by atoms with Gasteiger partial charge in [-0.2, -0.15) is 5.10 Å². The van der Waals surface area contributed by atoms with E-state index < -0.39 is 0 Å². The molecule has 0 spiro atoms. The summed E-state index contributed by atoms with van der Waals surface area (Å²) >= 11 is 5.72. The van der Waals surface area contributed by atoms with Crippen molar-refractivity contribution < 1.29 is 4.79 Å². The molecule has 0 aromatic carbocycles. The summed E-state index contributed by atoms with van der Waals surface area (Å²) in [5.74, 6) is -0.0315. The number of carbonyl (C=O) groups is 1. The van der Waals surface area contributed by atoms with Crippen LogP contribution in [0, 0.1) is 5.92 Å². The van der Waals surface area contributed by atoms with Gasteiger partial charge in [0, 0.05) is 12.7 Å². The SMILES string of the molecule is CCCNC(=O)C(C)Cn1cc(Cl)cn1. The fourth-order valence-electron chi connectivity index (χ4n) is 1.22. The van der Waals surface area contributed by atoms with Crippen LogP contribution in [-0.4, -0.2) is 22.2 Å². The van der Waals surface area contributed by atoms with Gasteiger partial charge in [0.1, 0.15) is 0 Å². The molecular weight excluding hydrogens is 214 g/mol. The molecule has 1 N–H and O–H groups in total. The first kappa shape index (κ1) is 12.0. The smallest absolute Gasteiger partial charge is 0.224 e. The Bertz CT molecular complexity index is 324. The molecule has 1 heterocycles. The minimum absolute atomic E-state index is 0.0588. The van der Waals surface area contributed by atoms with E-state index in [9.17, 15) is 4.79 Å². The standard InChI is InChI=1S/C10H16ClN3O/c1-3-4-12-10(15)8(2)6-14-7-9(11)5-13-14/h5,7-8H,3-4,6H2,1-2H3,(H,12,15). The highest BCUT2D eigenvalue weighted by Gasteiger charge is 2.12. The van der Waals surface area contributed by atoms with Crippen LogP contribution in [0.3, 0.4) is 0 Å². The van der Waals surface area contributed by atoms with E-state index in [1.54, 1.807) is 17.1 Å². The number of amides is 1. The van der Waals surface area contributed by atoms with Crippen LogP contribution < -0.4 is 5.32 Å². The van der Waals surface area contributed by atoms with Gasteiger partial charge in [-0.1, -0.05) is 25.4 Å². The molecule has 5 heteroatoms. The molecule has 1 unspecified atom stereocenters. The van der Waals surface area contributed by atoms with Gasteiger partial charge in [-0.25, -0.2) is 0 Å². The molecule has 1 rings (SSSR count). The normalized spacial score (nSPS) is 12.5. The minimum atomic E-state index is -0.0903. The Morgan fingerprint density at radius 1 is 1.73 bits per heavy atom. The lowest BCUT2D eigenvalue weighted by Gasteiger charge is -2.11. The van der Waals surface area contributed by atoms with E-state index in [1.807, 2.05) is 13.8 Å². The largest absolute Gasteiger partial charge is 0.356 e. The van der Waals surface area contributed by atoms with Crippen LogP contribution in [0.5, 0.6) is 0 Å². The molecule has 0 fully saturated rings. The fourth-order valence-corrected chi connectivity index (χ4v) is 1.38. The van der Waals surface area contributed by atoms with Crippen molar-refractivity contribution in [2.24, 2.45) is 5.92 Å². The highest BCUT2D eigenvalue weighted by Crippen LogP contribution is 2.07. The van der Waals surface area contributed by atoms with E-state index in [2.05, 4.69) is 10.4 Å². The summed E-state index contributed by atoms with van der Waals surface area (Å²) in [6.45, 7) is 5.18. The van der Waals surface area contributed by atoms with Crippen molar-refractivity contribution in [1.82, 2.24) is 15.1 Å². The third-order valence-corrected chi connectivity index (χ3v) is 2.25. The average molecular weight is 230 g/mol. The average Bonchev–Trinajstić information content (AvgIpc) is 2.60. The van der Waals surface area contributed by atoms with E-state index in [-0.39, 0.29) is 11.8 Å². The molecule has 0 aliphatic rings. The van der Waals surface area contributed by atoms with Crippen LogP contribution in [0.15, 0.2) is 12.4 Å². The van der Waals surface area contributed by atoms with Gasteiger partial charge >= 0.3 is 0 Å². The molecule has 0 aliphatic carbocycles. The van der Waals surface area contributed by atoms with Crippen molar-refractivity contribution in [3.8, 4) is 0 Å². The van der Waals surface area contributed by atoms with Crippen LogP contribution in [0.1, 0.15) is 20.3 Å². The first-order valence-corrected chi connectivity index (χ1v) is 5.47. The number of aromatic nitrogens is 2. The molecule has 0 saturated heterocycles. The maximum absolute atomic E-state index is 11.5. The van der Waals surface area contributed by atoms with Gasteiger partial charge in [0.15, 0.2) is 0 Å². The molecule has 1 amide bonds. The summed E-state index contributed by atoms with van der Waals surface area (Å²) in [4.78, 5) is 11.5. The molecule has 1 atom stereocenters. The highest BCUT2D eigenvalue weighted by molar-refractivity contribution is 6.30. The number of rotatable bonds is 5. The van der Waals surface area contributed by atoms with Crippen LogP contribution in [0.25, 0.3) is 0 Å². The Morgan fingerprint density at radius 2 is 2.47 bits per heavy atom. The van der Waals surface area contributed by atoms with E-state index in [0.29, 0.717) is 11.6 Å². The number of hydrogen-bond donors (Lipinski definition) is 1. The molecule has 0 aliphatic heterocycles. The predicted molar refractivity (Wildman–Crippen MR) is 59.7 cm³/mol. The summed E-state index contributed by atoms with van der Waals surface area (Å²) in [7, 11) is 0. The molecule has 0 bridgehead atoms. The Labute approximate surface area is 94.6 Å². The number of nitrogens with one attached hydrogen (secondary N) is 1. The van der Waals surface area contributed by atoms with Gasteiger partial charge in [-0.05, 0) is 6.42 Å². The second-order valence-electron chi connectivity index (χ2n) is 3.57. The van der Waals surface area contributed by atoms with Crippen molar-refractivity contribution in [2.75, 3.05) is 6.54 Å². The van der Waals surface area contributed by atoms with E-state index >= 15 is 0 Å². The van der Waals surface area contributed by atoms with E-state index in [0.717, 1.165) is 13.0 Å². The lowest BCUT2D eigenvalue weighted by Crippen LogP contribution is -2.32. The number of halogens is 1. The van der Waals surface area contributed by atoms with Gasteiger partial charge in [0.2, 0.25) is 5.91 Å². The fraction of sp³-hybridized carbons (Fsp3) is 0.600. The second-order valence-corrected chi connectivity index (χ2v) is 4.01. The van der Waals surface area contributed by atoms with Gasteiger partial charge in [-0.15, -0.1) is 0 Å². The van der Waals surface area contributed by atoms with Crippen LogP contribution in [0.4, 0.5) is 0 Å². The zero-order chi connectivity index (χ0) is 11.3. The quantitative estimate of drug-likeness (QED) is 0.836. The third kappa shape index (κ3) is 3.91. The van der Waals surface area contributed by atoms with E-state index in [1.165, 1.54) is 0 Å². The monoisotopic (exact) mass is 229 g/mol. The Morgan fingerprint density at radius 3 is 3.00 bits per heavy atom. The Hall–Kier alpha value is -1.03. The minimum Gasteiger partial charge on any atom is -0.356 e. The Balaban J connectivity index is 2.41. The van der Waals surface area contributed by atoms with Crippen LogP contribution in [0.2, 0.25) is 5.02 Å². The summed E-state index contributed by atoms with van der Waals surface area (Å²) in [5, 5.41) is 7.46. The maximum Gasteiger partial charge on any atom is 0.224 e. The zero-order valence-corrected chi connectivity index (χ0v) is 9.79. The molecule has 15 heavy (non-hydrogen) atoms. The summed E-state index contributed by atoms with van der Waals surface area (Å²) in [5.41, 5.74) is 0. The molecule has 4 nitrogen and oxygen atoms in total. The van der Waals surface area contributed by atoms with Gasteiger partial charge in [0.05, 0.1) is 23.7 Å². The van der Waals surface area contributed by atoms with Crippen molar-refractivity contribution in [3.63, 3.8) is 0 Å². The first-order valence-electron chi connectivity index (χ1n) is 5.09. The van der Waals surface area contributed by atoms with Crippen molar-refractivity contribution in [2.45, 2.75) is 26.8 Å². The maximum atomic E-state index is 11.5. The topological polar surface area (TPSA) is 46.9 Å². The third-order valence-electron chi connectivity index (χ3n) is 2.06. The predicted octanol–water partition coefficient (Wildman–Crippen LogP) is 1.70. The van der Waals surface area contributed by atoms with Gasteiger partial charge in [-0.3, -0.25) is 9.48 Å². The lowest BCUT2D eigenvalue weighted by molar-refractivity contribution is -0.124. The van der Waals surface area contributed by atoms with Crippen molar-refractivity contribution >= 4 is 17.5 Å². The van der Waals surface area contributed by atoms with E-state index in [4.69, 9.17) is 11.6 Å².